The highest BCUT2D eigenvalue weighted by Crippen LogP contribution is 2.29. The lowest BCUT2D eigenvalue weighted by Crippen LogP contribution is -2.32. The fraction of sp³-hybridized carbons (Fsp3) is 0. The van der Waals surface area contributed by atoms with Gasteiger partial charge in [-0.15, -0.1) is 0 Å². The minimum atomic E-state index is -1.02. The summed E-state index contributed by atoms with van der Waals surface area (Å²) >= 11 is 17.8. The number of carbonyl (C=O) groups is 3. The van der Waals surface area contributed by atoms with Gasteiger partial charge in [-0.3, -0.25) is 9.59 Å². The van der Waals surface area contributed by atoms with E-state index in [1.807, 2.05) is 0 Å². The number of ether oxygens (including phenoxy) is 1. The number of amides is 2. The first kappa shape index (κ1) is 23.3. The maximum atomic E-state index is 12.3. The van der Waals surface area contributed by atoms with Crippen LogP contribution in [0.25, 0.3) is 0 Å². The molecule has 0 heterocycles. The molecule has 0 radical (unpaired) electrons. The summed E-state index contributed by atoms with van der Waals surface area (Å²) < 4.78 is 5.32. The van der Waals surface area contributed by atoms with Crippen molar-refractivity contribution in [2.75, 3.05) is 5.32 Å². The smallest absolute Gasteiger partial charge is 0.345 e. The predicted octanol–water partition coefficient (Wildman–Crippen LogP) is 4.95. The molecule has 32 heavy (non-hydrogen) atoms. The normalized spacial score (nSPS) is 10.6. The molecule has 162 valence electrons. The van der Waals surface area contributed by atoms with Gasteiger partial charge in [-0.1, -0.05) is 65.1 Å². The van der Waals surface area contributed by atoms with E-state index in [1.54, 1.807) is 54.6 Å². The van der Waals surface area contributed by atoms with E-state index < -0.39 is 17.8 Å². The van der Waals surface area contributed by atoms with Crippen molar-refractivity contribution in [1.29, 1.82) is 0 Å². The van der Waals surface area contributed by atoms with Crippen molar-refractivity contribution in [2.24, 2.45) is 5.10 Å². The summed E-state index contributed by atoms with van der Waals surface area (Å²) in [4.78, 5) is 36.2. The van der Waals surface area contributed by atoms with Crippen molar-refractivity contribution >= 4 is 64.5 Å². The van der Waals surface area contributed by atoms with Crippen LogP contribution in [0, 0.1) is 0 Å². The Morgan fingerprint density at radius 1 is 0.844 bits per heavy atom. The monoisotopic (exact) mass is 489 g/mol. The van der Waals surface area contributed by atoms with Crippen LogP contribution in [0.3, 0.4) is 0 Å². The second kappa shape index (κ2) is 10.8. The van der Waals surface area contributed by atoms with E-state index in [-0.39, 0.29) is 32.1 Å². The van der Waals surface area contributed by atoms with Crippen molar-refractivity contribution in [3.8, 4) is 5.75 Å². The van der Waals surface area contributed by atoms with Crippen molar-refractivity contribution in [3.63, 3.8) is 0 Å². The molecule has 3 aromatic carbocycles. The minimum Gasteiger partial charge on any atom is -0.423 e. The number of anilines is 1. The van der Waals surface area contributed by atoms with E-state index >= 15 is 0 Å². The largest absolute Gasteiger partial charge is 0.423 e. The van der Waals surface area contributed by atoms with E-state index in [1.165, 1.54) is 18.3 Å². The highest BCUT2D eigenvalue weighted by atomic mass is 35.5. The molecule has 0 aliphatic heterocycles. The van der Waals surface area contributed by atoms with E-state index in [9.17, 15) is 14.4 Å². The summed E-state index contributed by atoms with van der Waals surface area (Å²) in [5.74, 6) is -2.36. The molecule has 0 aliphatic rings. The number of esters is 1. The van der Waals surface area contributed by atoms with Crippen LogP contribution < -0.4 is 15.5 Å². The van der Waals surface area contributed by atoms with Crippen molar-refractivity contribution < 1.29 is 19.1 Å². The lowest BCUT2D eigenvalue weighted by molar-refractivity contribution is -0.136. The Balaban J connectivity index is 1.59. The maximum Gasteiger partial charge on any atom is 0.345 e. The van der Waals surface area contributed by atoms with Crippen LogP contribution in [0.4, 0.5) is 5.69 Å². The first-order chi connectivity index (χ1) is 15.3. The summed E-state index contributed by atoms with van der Waals surface area (Å²) in [5.41, 5.74) is 3.02. The molecular weight excluding hydrogens is 477 g/mol. The summed E-state index contributed by atoms with van der Waals surface area (Å²) in [5, 5.41) is 6.69. The predicted molar refractivity (Wildman–Crippen MR) is 124 cm³/mol. The average molecular weight is 491 g/mol. The van der Waals surface area contributed by atoms with Crippen molar-refractivity contribution in [1.82, 2.24) is 5.43 Å². The fourth-order valence-electron chi connectivity index (χ4n) is 2.44. The standard InChI is InChI=1S/C22H14Cl3N3O4/c23-16-8-2-1-7-15(16)22(31)32-14-6-3-5-13(11-14)12-26-28-21(30)20(29)27-18-10-4-9-17(24)19(18)25/h1-12H,(H,27,29)(H,28,30)/b26-12+. The lowest BCUT2D eigenvalue weighted by atomic mass is 10.2. The molecule has 0 saturated heterocycles. The van der Waals surface area contributed by atoms with Gasteiger partial charge in [0.2, 0.25) is 0 Å². The van der Waals surface area contributed by atoms with Crippen molar-refractivity contribution in [2.45, 2.75) is 0 Å². The second-order valence-electron chi connectivity index (χ2n) is 6.20. The number of rotatable bonds is 5. The Bertz CT molecular complexity index is 1210. The van der Waals surface area contributed by atoms with E-state index in [0.717, 1.165) is 0 Å². The molecule has 0 atom stereocenters. The Morgan fingerprint density at radius 2 is 1.56 bits per heavy atom. The number of nitrogens with zero attached hydrogens (tertiary/aromatic N) is 1. The van der Waals surface area contributed by atoms with Gasteiger partial charge < -0.3 is 10.1 Å². The molecule has 0 aliphatic carbocycles. The molecule has 2 amide bonds. The fourth-order valence-corrected chi connectivity index (χ4v) is 3.00. The van der Waals surface area contributed by atoms with E-state index in [4.69, 9.17) is 39.5 Å². The van der Waals surface area contributed by atoms with Gasteiger partial charge in [0, 0.05) is 0 Å². The van der Waals surface area contributed by atoms with Gasteiger partial charge in [0.15, 0.2) is 0 Å². The zero-order chi connectivity index (χ0) is 23.1. The summed E-state index contributed by atoms with van der Waals surface area (Å²) in [6, 6.07) is 17.5. The van der Waals surface area contributed by atoms with Gasteiger partial charge >= 0.3 is 17.8 Å². The van der Waals surface area contributed by atoms with Crippen LogP contribution in [0.2, 0.25) is 15.1 Å². The molecule has 0 spiro atoms. The van der Waals surface area contributed by atoms with E-state index in [2.05, 4.69) is 15.8 Å². The Morgan fingerprint density at radius 3 is 2.34 bits per heavy atom. The lowest BCUT2D eigenvalue weighted by Gasteiger charge is -2.07. The third kappa shape index (κ3) is 6.07. The van der Waals surface area contributed by atoms with Crippen molar-refractivity contribution in [3.05, 3.63) is 92.9 Å². The zero-order valence-electron chi connectivity index (χ0n) is 16.1. The van der Waals surface area contributed by atoms with Gasteiger partial charge in [-0.2, -0.15) is 5.10 Å². The van der Waals surface area contributed by atoms with Crippen LogP contribution in [0.5, 0.6) is 5.75 Å². The van der Waals surface area contributed by atoms with Gasteiger partial charge in [0.25, 0.3) is 0 Å². The number of carbonyl (C=O) groups excluding carboxylic acids is 3. The molecule has 0 fully saturated rings. The Kier molecular flexibility index (Phi) is 7.83. The summed E-state index contributed by atoms with van der Waals surface area (Å²) in [7, 11) is 0. The van der Waals surface area contributed by atoms with Crippen LogP contribution in [-0.4, -0.2) is 24.0 Å². The summed E-state index contributed by atoms with van der Waals surface area (Å²) in [6.45, 7) is 0. The minimum absolute atomic E-state index is 0.113. The molecule has 0 unspecified atom stereocenters. The molecule has 10 heteroatoms. The molecule has 3 rings (SSSR count). The molecular formula is C22H14Cl3N3O4. The Hall–Kier alpha value is -3.39. The zero-order valence-corrected chi connectivity index (χ0v) is 18.4. The molecule has 0 saturated carbocycles. The van der Waals surface area contributed by atoms with Gasteiger partial charge in [0.05, 0.1) is 32.5 Å². The van der Waals surface area contributed by atoms with Gasteiger partial charge in [-0.05, 0) is 42.0 Å². The highest BCUT2D eigenvalue weighted by Gasteiger charge is 2.15. The third-order valence-electron chi connectivity index (χ3n) is 3.95. The number of halogens is 3. The second-order valence-corrected chi connectivity index (χ2v) is 7.39. The first-order valence-electron chi connectivity index (χ1n) is 9.00. The molecule has 0 aromatic heterocycles. The topological polar surface area (TPSA) is 96.9 Å². The highest BCUT2D eigenvalue weighted by molar-refractivity contribution is 6.45. The summed E-state index contributed by atoms with van der Waals surface area (Å²) in [6.07, 6.45) is 1.28. The SMILES string of the molecule is O=C(N/N=C/c1cccc(OC(=O)c2ccccc2Cl)c1)C(=O)Nc1cccc(Cl)c1Cl. The quantitative estimate of drug-likeness (QED) is 0.174. The van der Waals surface area contributed by atoms with E-state index in [0.29, 0.717) is 5.56 Å². The molecule has 3 aromatic rings. The van der Waals surface area contributed by atoms with Gasteiger partial charge in [-0.25, -0.2) is 10.2 Å². The van der Waals surface area contributed by atoms with Crippen LogP contribution in [0.1, 0.15) is 15.9 Å². The maximum absolute atomic E-state index is 12.3. The number of hydrogen-bond acceptors (Lipinski definition) is 5. The number of nitrogens with one attached hydrogen (secondary N) is 2. The first-order valence-corrected chi connectivity index (χ1v) is 10.1. The number of hydrazone groups is 1. The third-order valence-corrected chi connectivity index (χ3v) is 5.10. The van der Waals surface area contributed by atoms with Crippen LogP contribution in [0.15, 0.2) is 71.8 Å². The number of benzene rings is 3. The molecule has 2 N–H and O–H groups in total. The van der Waals surface area contributed by atoms with Crippen LogP contribution >= 0.6 is 34.8 Å². The number of hydrogen-bond donors (Lipinski definition) is 2. The van der Waals surface area contributed by atoms with Crippen LogP contribution in [-0.2, 0) is 9.59 Å². The average Bonchev–Trinajstić information content (AvgIpc) is 2.77. The molecule has 7 nitrogen and oxygen atoms in total. The van der Waals surface area contributed by atoms with Gasteiger partial charge in [0.1, 0.15) is 5.75 Å². The molecule has 0 bridgehead atoms. The Labute approximate surface area is 197 Å².